The SMILES string of the molecule is CCCCN(C)C(=O)c1cc(Br)cn1C1CC1. The number of carbonyl (C=O) groups excluding carboxylic acids is 1. The predicted octanol–water partition coefficient (Wildman–Crippen LogP) is 3.46. The number of carbonyl (C=O) groups is 1. The number of halogens is 1. The maximum atomic E-state index is 12.3. The van der Waals surface area contributed by atoms with Gasteiger partial charge >= 0.3 is 0 Å². The molecular formula is C13H19BrN2O. The van der Waals surface area contributed by atoms with E-state index in [0.29, 0.717) is 6.04 Å². The van der Waals surface area contributed by atoms with E-state index in [4.69, 9.17) is 0 Å². The van der Waals surface area contributed by atoms with Crippen molar-refractivity contribution in [1.82, 2.24) is 9.47 Å². The minimum Gasteiger partial charge on any atom is -0.340 e. The molecule has 0 saturated heterocycles. The molecule has 4 heteroatoms. The van der Waals surface area contributed by atoms with E-state index in [1.807, 2.05) is 24.2 Å². The third-order valence-corrected chi connectivity index (χ3v) is 3.60. The zero-order valence-electron chi connectivity index (χ0n) is 10.4. The van der Waals surface area contributed by atoms with E-state index in [9.17, 15) is 4.79 Å². The molecule has 0 bridgehead atoms. The zero-order valence-corrected chi connectivity index (χ0v) is 12.0. The third-order valence-electron chi connectivity index (χ3n) is 3.17. The van der Waals surface area contributed by atoms with E-state index in [2.05, 4.69) is 27.4 Å². The standard InChI is InChI=1S/C13H19BrN2O/c1-3-4-7-15(2)13(17)12-8-10(14)9-16(12)11-5-6-11/h8-9,11H,3-7H2,1-2H3. The Labute approximate surface area is 111 Å². The van der Waals surface area contributed by atoms with Crippen molar-refractivity contribution in [3.63, 3.8) is 0 Å². The summed E-state index contributed by atoms with van der Waals surface area (Å²) in [5, 5.41) is 0. The molecule has 3 nitrogen and oxygen atoms in total. The number of aromatic nitrogens is 1. The largest absolute Gasteiger partial charge is 0.340 e. The lowest BCUT2D eigenvalue weighted by Crippen LogP contribution is -2.29. The lowest BCUT2D eigenvalue weighted by atomic mass is 10.3. The van der Waals surface area contributed by atoms with Crippen LogP contribution in [0.15, 0.2) is 16.7 Å². The van der Waals surface area contributed by atoms with Crippen molar-refractivity contribution in [2.75, 3.05) is 13.6 Å². The highest BCUT2D eigenvalue weighted by atomic mass is 79.9. The molecule has 94 valence electrons. The fraction of sp³-hybridized carbons (Fsp3) is 0.615. The smallest absolute Gasteiger partial charge is 0.270 e. The highest BCUT2D eigenvalue weighted by Gasteiger charge is 2.28. The molecule has 1 fully saturated rings. The zero-order chi connectivity index (χ0) is 12.4. The average molecular weight is 299 g/mol. The summed E-state index contributed by atoms with van der Waals surface area (Å²) in [6.45, 7) is 2.98. The molecule has 17 heavy (non-hydrogen) atoms. The van der Waals surface area contributed by atoms with E-state index in [1.54, 1.807) is 0 Å². The second kappa shape index (κ2) is 5.25. The Kier molecular flexibility index (Phi) is 3.92. The molecule has 1 amide bonds. The Morgan fingerprint density at radius 2 is 2.29 bits per heavy atom. The molecule has 0 unspecified atom stereocenters. The van der Waals surface area contributed by atoms with E-state index < -0.39 is 0 Å². The number of hydrogen-bond donors (Lipinski definition) is 0. The van der Waals surface area contributed by atoms with Crippen molar-refractivity contribution in [1.29, 1.82) is 0 Å². The van der Waals surface area contributed by atoms with Gasteiger partial charge in [-0.15, -0.1) is 0 Å². The molecule has 0 spiro atoms. The fourth-order valence-corrected chi connectivity index (χ4v) is 2.40. The Morgan fingerprint density at radius 3 is 2.88 bits per heavy atom. The van der Waals surface area contributed by atoms with Gasteiger partial charge < -0.3 is 9.47 Å². The number of amides is 1. The summed E-state index contributed by atoms with van der Waals surface area (Å²) in [5.41, 5.74) is 0.818. The highest BCUT2D eigenvalue weighted by Crippen LogP contribution is 2.37. The van der Waals surface area contributed by atoms with Crippen molar-refractivity contribution in [2.45, 2.75) is 38.6 Å². The first-order valence-corrected chi connectivity index (χ1v) is 7.05. The van der Waals surface area contributed by atoms with Gasteiger partial charge in [0.05, 0.1) is 0 Å². The van der Waals surface area contributed by atoms with E-state index >= 15 is 0 Å². The maximum Gasteiger partial charge on any atom is 0.270 e. The summed E-state index contributed by atoms with van der Waals surface area (Å²) in [7, 11) is 1.89. The van der Waals surface area contributed by atoms with Crippen molar-refractivity contribution >= 4 is 21.8 Å². The molecule has 0 atom stereocenters. The summed E-state index contributed by atoms with van der Waals surface area (Å²) >= 11 is 3.46. The molecular weight excluding hydrogens is 280 g/mol. The summed E-state index contributed by atoms with van der Waals surface area (Å²) in [4.78, 5) is 14.1. The highest BCUT2D eigenvalue weighted by molar-refractivity contribution is 9.10. The topological polar surface area (TPSA) is 25.2 Å². The van der Waals surface area contributed by atoms with Crippen LogP contribution in [0.25, 0.3) is 0 Å². The van der Waals surface area contributed by atoms with Crippen molar-refractivity contribution in [2.24, 2.45) is 0 Å². The minimum atomic E-state index is 0.135. The van der Waals surface area contributed by atoms with E-state index in [-0.39, 0.29) is 5.91 Å². The molecule has 1 aromatic rings. The van der Waals surface area contributed by atoms with Gasteiger partial charge in [-0.1, -0.05) is 13.3 Å². The second-order valence-corrected chi connectivity index (χ2v) is 5.68. The van der Waals surface area contributed by atoms with Gasteiger partial charge in [0.15, 0.2) is 0 Å². The van der Waals surface area contributed by atoms with E-state index in [0.717, 1.165) is 29.6 Å². The molecule has 0 aromatic carbocycles. The Morgan fingerprint density at radius 1 is 1.59 bits per heavy atom. The van der Waals surface area contributed by atoms with Crippen molar-refractivity contribution in [3.8, 4) is 0 Å². The van der Waals surface area contributed by atoms with Crippen LogP contribution in [-0.4, -0.2) is 29.0 Å². The summed E-state index contributed by atoms with van der Waals surface area (Å²) < 4.78 is 3.12. The third kappa shape index (κ3) is 2.92. The van der Waals surface area contributed by atoms with Crippen LogP contribution in [-0.2, 0) is 0 Å². The van der Waals surface area contributed by atoms with Gasteiger partial charge in [0.2, 0.25) is 0 Å². The first kappa shape index (κ1) is 12.7. The number of unbranched alkanes of at least 4 members (excludes halogenated alkanes) is 1. The van der Waals surface area contributed by atoms with Gasteiger partial charge in [0.1, 0.15) is 5.69 Å². The van der Waals surface area contributed by atoms with Crippen LogP contribution in [0.3, 0.4) is 0 Å². The van der Waals surface area contributed by atoms with Crippen LogP contribution >= 0.6 is 15.9 Å². The van der Waals surface area contributed by atoms with Gasteiger partial charge in [0, 0.05) is 30.3 Å². The summed E-state index contributed by atoms with van der Waals surface area (Å²) in [6.07, 6.45) is 6.59. The Bertz CT molecular complexity index is 410. The molecule has 1 aliphatic carbocycles. The molecule has 1 heterocycles. The van der Waals surface area contributed by atoms with Crippen molar-refractivity contribution in [3.05, 3.63) is 22.4 Å². The minimum absolute atomic E-state index is 0.135. The predicted molar refractivity (Wildman–Crippen MR) is 72.3 cm³/mol. The monoisotopic (exact) mass is 298 g/mol. The normalized spacial score (nSPS) is 15.0. The van der Waals surface area contributed by atoms with Crippen LogP contribution in [0.2, 0.25) is 0 Å². The van der Waals surface area contributed by atoms with Crippen LogP contribution in [0.1, 0.15) is 49.1 Å². The van der Waals surface area contributed by atoms with E-state index in [1.165, 1.54) is 12.8 Å². The number of rotatable bonds is 5. The fourth-order valence-electron chi connectivity index (χ4n) is 1.96. The summed E-state index contributed by atoms with van der Waals surface area (Å²) in [6, 6.07) is 2.48. The number of nitrogens with zero attached hydrogens (tertiary/aromatic N) is 2. The van der Waals surface area contributed by atoms with Gasteiger partial charge in [-0.05, 0) is 41.3 Å². The molecule has 1 saturated carbocycles. The van der Waals surface area contributed by atoms with Gasteiger partial charge in [-0.25, -0.2) is 0 Å². The molecule has 2 rings (SSSR count). The molecule has 0 aliphatic heterocycles. The van der Waals surface area contributed by atoms with Crippen molar-refractivity contribution < 1.29 is 4.79 Å². The van der Waals surface area contributed by atoms with Gasteiger partial charge in [0.25, 0.3) is 5.91 Å². The molecule has 0 N–H and O–H groups in total. The first-order valence-electron chi connectivity index (χ1n) is 6.26. The quantitative estimate of drug-likeness (QED) is 0.817. The van der Waals surface area contributed by atoms with Crippen LogP contribution in [0, 0.1) is 0 Å². The van der Waals surface area contributed by atoms with Crippen LogP contribution < -0.4 is 0 Å². The molecule has 1 aromatic heterocycles. The Balaban J connectivity index is 2.12. The lowest BCUT2D eigenvalue weighted by Gasteiger charge is -2.17. The lowest BCUT2D eigenvalue weighted by molar-refractivity contribution is 0.0782. The molecule has 1 aliphatic rings. The second-order valence-electron chi connectivity index (χ2n) is 4.76. The van der Waals surface area contributed by atoms with Gasteiger partial charge in [-0.2, -0.15) is 0 Å². The van der Waals surface area contributed by atoms with Crippen LogP contribution in [0.5, 0.6) is 0 Å². The molecule has 0 radical (unpaired) electrons. The van der Waals surface area contributed by atoms with Crippen LogP contribution in [0.4, 0.5) is 0 Å². The average Bonchev–Trinajstić information content (AvgIpc) is 3.08. The van der Waals surface area contributed by atoms with Gasteiger partial charge in [-0.3, -0.25) is 4.79 Å². The summed E-state index contributed by atoms with van der Waals surface area (Å²) in [5.74, 6) is 0.135. The maximum absolute atomic E-state index is 12.3. The Hall–Kier alpha value is -0.770. The number of hydrogen-bond acceptors (Lipinski definition) is 1. The first-order chi connectivity index (χ1) is 8.13.